The largest absolute Gasteiger partial charge is 0.435 e. The normalized spacial score (nSPS) is 11.8. The Bertz CT molecular complexity index is 879. The fourth-order valence-corrected chi connectivity index (χ4v) is 3.03. The molecule has 10 heteroatoms. The number of nitrogens with zero attached hydrogens (tertiary/aromatic N) is 3. The third-order valence-corrected chi connectivity index (χ3v) is 4.38. The number of anilines is 1. The van der Waals surface area contributed by atoms with E-state index in [-0.39, 0.29) is 17.8 Å². The Labute approximate surface area is 142 Å². The summed E-state index contributed by atoms with van der Waals surface area (Å²) in [6.07, 6.45) is -3.16. The first-order valence-electron chi connectivity index (χ1n) is 7.00. The molecular weight excluding hydrogens is 363 g/mol. The highest BCUT2D eigenvalue weighted by molar-refractivity contribution is 7.18. The van der Waals surface area contributed by atoms with Crippen LogP contribution in [0.4, 0.5) is 27.1 Å². The van der Waals surface area contributed by atoms with Crippen LogP contribution in [-0.4, -0.2) is 14.8 Å². The second-order valence-electron chi connectivity index (χ2n) is 5.12. The lowest BCUT2D eigenvalue weighted by molar-refractivity contribution is -0.141. The molecule has 0 saturated carbocycles. The maximum absolute atomic E-state index is 13.6. The molecule has 132 valence electrons. The molecule has 0 aliphatic carbocycles. The third kappa shape index (κ3) is 3.63. The van der Waals surface area contributed by atoms with E-state index in [1.165, 1.54) is 19.3 Å². The summed E-state index contributed by atoms with van der Waals surface area (Å²) in [7, 11) is 1.39. The molecule has 4 nitrogen and oxygen atoms in total. The van der Waals surface area contributed by atoms with Gasteiger partial charge in [0, 0.05) is 25.4 Å². The standard InChI is InChI=1S/C15H11F5N4S/c1-24-11(5-13(23-24)15(18,19)20)12-7-22-14(25-12)21-6-8-9(16)3-2-4-10(8)17/h2-5,7H,6H2,1H3,(H,21,22). The van der Waals surface area contributed by atoms with Crippen LogP contribution in [0, 0.1) is 11.6 Å². The second kappa shape index (κ2) is 6.43. The van der Waals surface area contributed by atoms with Crippen molar-refractivity contribution in [1.29, 1.82) is 0 Å². The lowest BCUT2D eigenvalue weighted by Gasteiger charge is -2.05. The SMILES string of the molecule is Cn1nc(C(F)(F)F)cc1-c1cnc(NCc2c(F)cccc2F)s1. The Balaban J connectivity index is 1.78. The van der Waals surface area contributed by atoms with Gasteiger partial charge in [-0.1, -0.05) is 17.4 Å². The van der Waals surface area contributed by atoms with Gasteiger partial charge in [0.05, 0.1) is 10.6 Å². The van der Waals surface area contributed by atoms with Crippen molar-refractivity contribution in [2.45, 2.75) is 12.7 Å². The van der Waals surface area contributed by atoms with E-state index in [4.69, 9.17) is 0 Å². The number of aryl methyl sites for hydroxylation is 1. The van der Waals surface area contributed by atoms with E-state index in [2.05, 4.69) is 15.4 Å². The highest BCUT2D eigenvalue weighted by Gasteiger charge is 2.34. The van der Waals surface area contributed by atoms with Crippen molar-refractivity contribution in [3.8, 4) is 10.6 Å². The van der Waals surface area contributed by atoms with Crippen LogP contribution in [-0.2, 0) is 19.8 Å². The summed E-state index contributed by atoms with van der Waals surface area (Å²) in [6, 6.07) is 4.47. The van der Waals surface area contributed by atoms with Gasteiger partial charge >= 0.3 is 6.18 Å². The van der Waals surface area contributed by atoms with Crippen LogP contribution in [0.5, 0.6) is 0 Å². The van der Waals surface area contributed by atoms with Crippen molar-refractivity contribution < 1.29 is 22.0 Å². The summed E-state index contributed by atoms with van der Waals surface area (Å²) < 4.78 is 66.4. The van der Waals surface area contributed by atoms with Gasteiger partial charge in [-0.2, -0.15) is 18.3 Å². The minimum atomic E-state index is -4.54. The summed E-state index contributed by atoms with van der Waals surface area (Å²) in [5.41, 5.74) is -0.893. The number of hydrogen-bond donors (Lipinski definition) is 1. The number of benzene rings is 1. The number of aromatic nitrogens is 3. The maximum atomic E-state index is 13.6. The van der Waals surface area contributed by atoms with Gasteiger partial charge in [-0.15, -0.1) is 0 Å². The van der Waals surface area contributed by atoms with Gasteiger partial charge in [0.1, 0.15) is 11.6 Å². The van der Waals surface area contributed by atoms with Crippen LogP contribution < -0.4 is 5.32 Å². The first-order chi connectivity index (χ1) is 11.8. The fourth-order valence-electron chi connectivity index (χ4n) is 2.18. The number of halogens is 5. The molecule has 2 heterocycles. The Hall–Kier alpha value is -2.49. The number of thiazole rings is 1. The molecule has 0 saturated heterocycles. The zero-order chi connectivity index (χ0) is 18.2. The van der Waals surface area contributed by atoms with Gasteiger partial charge < -0.3 is 5.32 Å². The zero-order valence-corrected chi connectivity index (χ0v) is 13.6. The molecule has 0 aliphatic heterocycles. The molecule has 0 amide bonds. The molecule has 0 radical (unpaired) electrons. The summed E-state index contributed by atoms with van der Waals surface area (Å²) in [4.78, 5) is 4.47. The molecule has 1 N–H and O–H groups in total. The Morgan fingerprint density at radius 1 is 1.20 bits per heavy atom. The molecular formula is C15H11F5N4S. The number of rotatable bonds is 4. The number of nitrogens with one attached hydrogen (secondary N) is 1. The van der Waals surface area contributed by atoms with Gasteiger partial charge in [-0.3, -0.25) is 4.68 Å². The Morgan fingerprint density at radius 3 is 2.48 bits per heavy atom. The maximum Gasteiger partial charge on any atom is 0.435 e. The van der Waals surface area contributed by atoms with E-state index in [0.717, 1.165) is 34.2 Å². The molecule has 0 fully saturated rings. The van der Waals surface area contributed by atoms with Crippen molar-refractivity contribution in [2.75, 3.05) is 5.32 Å². The first kappa shape index (κ1) is 17.3. The van der Waals surface area contributed by atoms with Crippen molar-refractivity contribution in [2.24, 2.45) is 7.05 Å². The quantitative estimate of drug-likeness (QED) is 0.686. The predicted molar refractivity (Wildman–Crippen MR) is 83.0 cm³/mol. The van der Waals surface area contributed by atoms with Gasteiger partial charge in [-0.05, 0) is 18.2 Å². The predicted octanol–water partition coefficient (Wildman–Crippen LogP) is 4.45. The van der Waals surface area contributed by atoms with E-state index in [9.17, 15) is 22.0 Å². The summed E-state index contributed by atoms with van der Waals surface area (Å²) in [6.45, 7) is -0.134. The smallest absolute Gasteiger partial charge is 0.357 e. The van der Waals surface area contributed by atoms with Crippen molar-refractivity contribution in [1.82, 2.24) is 14.8 Å². The average molecular weight is 374 g/mol. The lowest BCUT2D eigenvalue weighted by Crippen LogP contribution is -2.06. The molecule has 3 rings (SSSR count). The van der Waals surface area contributed by atoms with E-state index >= 15 is 0 Å². The molecule has 2 aromatic heterocycles. The van der Waals surface area contributed by atoms with Gasteiger partial charge in [0.15, 0.2) is 10.8 Å². The highest BCUT2D eigenvalue weighted by atomic mass is 32.1. The molecule has 0 atom stereocenters. The van der Waals surface area contributed by atoms with Crippen LogP contribution in [0.3, 0.4) is 0 Å². The van der Waals surface area contributed by atoms with Crippen LogP contribution in [0.25, 0.3) is 10.6 Å². The molecule has 0 spiro atoms. The van der Waals surface area contributed by atoms with Gasteiger partial charge in [-0.25, -0.2) is 13.8 Å². The molecule has 0 bridgehead atoms. The van der Waals surface area contributed by atoms with E-state index in [1.807, 2.05) is 0 Å². The highest BCUT2D eigenvalue weighted by Crippen LogP contribution is 2.34. The summed E-state index contributed by atoms with van der Waals surface area (Å²) in [5, 5.41) is 6.53. The van der Waals surface area contributed by atoms with Gasteiger partial charge in [0.25, 0.3) is 0 Å². The third-order valence-electron chi connectivity index (χ3n) is 3.41. The van der Waals surface area contributed by atoms with E-state index in [0.29, 0.717) is 10.0 Å². The second-order valence-corrected chi connectivity index (χ2v) is 6.15. The Morgan fingerprint density at radius 2 is 1.88 bits per heavy atom. The fraction of sp³-hybridized carbons (Fsp3) is 0.200. The molecule has 1 aromatic carbocycles. The average Bonchev–Trinajstić information content (AvgIpc) is 3.12. The van der Waals surface area contributed by atoms with Crippen LogP contribution >= 0.6 is 11.3 Å². The molecule has 25 heavy (non-hydrogen) atoms. The summed E-state index contributed by atoms with van der Waals surface area (Å²) >= 11 is 1.06. The number of hydrogen-bond acceptors (Lipinski definition) is 4. The molecule has 3 aromatic rings. The first-order valence-corrected chi connectivity index (χ1v) is 7.81. The minimum absolute atomic E-state index is 0.134. The molecule has 0 aliphatic rings. The van der Waals surface area contributed by atoms with Crippen LogP contribution in [0.2, 0.25) is 0 Å². The van der Waals surface area contributed by atoms with Crippen LogP contribution in [0.15, 0.2) is 30.5 Å². The number of alkyl halides is 3. The van der Waals surface area contributed by atoms with E-state index in [1.54, 1.807) is 0 Å². The van der Waals surface area contributed by atoms with E-state index < -0.39 is 23.5 Å². The van der Waals surface area contributed by atoms with Gasteiger partial charge in [0.2, 0.25) is 0 Å². The lowest BCUT2D eigenvalue weighted by atomic mass is 10.2. The van der Waals surface area contributed by atoms with Crippen LogP contribution in [0.1, 0.15) is 11.3 Å². The van der Waals surface area contributed by atoms with Crippen molar-refractivity contribution >= 4 is 16.5 Å². The molecule has 0 unspecified atom stereocenters. The van der Waals surface area contributed by atoms with Crippen molar-refractivity contribution in [3.63, 3.8) is 0 Å². The minimum Gasteiger partial charge on any atom is -0.357 e. The Kier molecular flexibility index (Phi) is 4.46. The monoisotopic (exact) mass is 374 g/mol. The van der Waals surface area contributed by atoms with Crippen molar-refractivity contribution in [3.05, 3.63) is 53.4 Å². The summed E-state index contributed by atoms with van der Waals surface area (Å²) in [5.74, 6) is -1.38. The topological polar surface area (TPSA) is 42.7 Å². The zero-order valence-electron chi connectivity index (χ0n) is 12.7.